The molecule has 1 aliphatic rings. The minimum Gasteiger partial charge on any atom is -0.338 e. The molecule has 0 bridgehead atoms. The van der Waals surface area contributed by atoms with E-state index in [1.165, 1.54) is 11.3 Å². The van der Waals surface area contributed by atoms with Crippen molar-refractivity contribution in [1.29, 1.82) is 0 Å². The first kappa shape index (κ1) is 20.3. The highest BCUT2D eigenvalue weighted by molar-refractivity contribution is 7.15. The van der Waals surface area contributed by atoms with E-state index in [1.807, 2.05) is 29.2 Å². The summed E-state index contributed by atoms with van der Waals surface area (Å²) in [5.41, 5.74) is 2.07. The van der Waals surface area contributed by atoms with Crippen LogP contribution in [0.3, 0.4) is 0 Å². The Kier molecular flexibility index (Phi) is 6.97. The zero-order valence-corrected chi connectivity index (χ0v) is 17.2. The van der Waals surface area contributed by atoms with Gasteiger partial charge in [0.25, 0.3) is 0 Å². The molecule has 0 unspecified atom stereocenters. The van der Waals surface area contributed by atoms with E-state index in [1.54, 1.807) is 0 Å². The third-order valence-electron chi connectivity index (χ3n) is 4.99. The average molecular weight is 402 g/mol. The van der Waals surface area contributed by atoms with E-state index in [9.17, 15) is 9.59 Å². The lowest BCUT2D eigenvalue weighted by molar-refractivity contribution is -0.128. The summed E-state index contributed by atoms with van der Waals surface area (Å²) in [6, 6.07) is 7.66. The number of urea groups is 1. The molecule has 7 nitrogen and oxygen atoms in total. The van der Waals surface area contributed by atoms with Crippen LogP contribution in [0.2, 0.25) is 0 Å². The number of anilines is 1. The van der Waals surface area contributed by atoms with Gasteiger partial charge in [-0.1, -0.05) is 49.4 Å². The van der Waals surface area contributed by atoms with Gasteiger partial charge in [-0.3, -0.25) is 10.1 Å². The van der Waals surface area contributed by atoms with Crippen molar-refractivity contribution in [3.63, 3.8) is 0 Å². The molecule has 0 aliphatic carbocycles. The van der Waals surface area contributed by atoms with Gasteiger partial charge in [0, 0.05) is 32.0 Å². The lowest BCUT2D eigenvalue weighted by atomic mass is 10.1. The summed E-state index contributed by atoms with van der Waals surface area (Å²) in [6.45, 7) is 6.12. The van der Waals surface area contributed by atoms with Crippen molar-refractivity contribution in [2.75, 3.05) is 11.9 Å². The van der Waals surface area contributed by atoms with Crippen LogP contribution in [-0.2, 0) is 17.9 Å². The number of rotatable bonds is 8. The number of nitrogens with one attached hydrogen (secondary N) is 2. The van der Waals surface area contributed by atoms with E-state index in [2.05, 4.69) is 34.7 Å². The second kappa shape index (κ2) is 9.64. The second-order valence-corrected chi connectivity index (χ2v) is 8.01. The Morgan fingerprint density at radius 2 is 2.04 bits per heavy atom. The predicted molar refractivity (Wildman–Crippen MR) is 110 cm³/mol. The Balaban J connectivity index is 1.50. The van der Waals surface area contributed by atoms with Crippen molar-refractivity contribution in [2.24, 2.45) is 0 Å². The van der Waals surface area contributed by atoms with Crippen molar-refractivity contribution in [2.45, 2.75) is 58.5 Å². The fourth-order valence-corrected chi connectivity index (χ4v) is 4.35. The Morgan fingerprint density at radius 1 is 1.25 bits per heavy atom. The molecule has 8 heteroatoms. The normalized spacial score (nSPS) is 14.0. The smallest absolute Gasteiger partial charge is 0.321 e. The molecule has 1 aromatic carbocycles. The summed E-state index contributed by atoms with van der Waals surface area (Å²) >= 11 is 1.43. The van der Waals surface area contributed by atoms with Gasteiger partial charge < -0.3 is 10.2 Å². The van der Waals surface area contributed by atoms with Gasteiger partial charge in [-0.2, -0.15) is 0 Å². The molecule has 1 fully saturated rings. The summed E-state index contributed by atoms with van der Waals surface area (Å²) in [4.78, 5) is 25.8. The molecule has 1 aliphatic heterocycles. The Hall–Kier alpha value is -2.48. The zero-order valence-electron chi connectivity index (χ0n) is 16.4. The van der Waals surface area contributed by atoms with Crippen LogP contribution in [0.5, 0.6) is 0 Å². The van der Waals surface area contributed by atoms with Crippen LogP contribution in [-0.4, -0.2) is 33.6 Å². The highest BCUT2D eigenvalue weighted by atomic mass is 32.1. The maximum Gasteiger partial charge on any atom is 0.321 e. The molecule has 3 amide bonds. The highest BCUT2D eigenvalue weighted by Gasteiger charge is 2.20. The Bertz CT molecular complexity index is 818. The third-order valence-corrected chi connectivity index (χ3v) is 5.99. The molecule has 0 spiro atoms. The number of nitrogens with zero attached hydrogens (tertiary/aromatic N) is 3. The third kappa shape index (κ3) is 5.28. The molecule has 2 aromatic rings. The SMILES string of the molecule is CCC(CC)c1nnc(NC(=O)NCc2cccc(CN3CCCC3=O)c2)s1. The summed E-state index contributed by atoms with van der Waals surface area (Å²) < 4.78 is 0. The van der Waals surface area contributed by atoms with E-state index in [0.717, 1.165) is 41.9 Å². The molecular formula is C20H27N5O2S. The minimum absolute atomic E-state index is 0.215. The van der Waals surface area contributed by atoms with Gasteiger partial charge in [-0.05, 0) is 30.4 Å². The van der Waals surface area contributed by atoms with Crippen LogP contribution in [0.15, 0.2) is 24.3 Å². The topological polar surface area (TPSA) is 87.2 Å². The molecule has 2 N–H and O–H groups in total. The molecule has 0 radical (unpaired) electrons. The zero-order chi connectivity index (χ0) is 19.9. The summed E-state index contributed by atoms with van der Waals surface area (Å²) in [6.07, 6.45) is 3.60. The first-order chi connectivity index (χ1) is 13.6. The van der Waals surface area contributed by atoms with Crippen LogP contribution < -0.4 is 10.6 Å². The number of benzene rings is 1. The van der Waals surface area contributed by atoms with Gasteiger partial charge in [0.1, 0.15) is 5.01 Å². The fourth-order valence-electron chi connectivity index (χ4n) is 3.34. The van der Waals surface area contributed by atoms with Crippen LogP contribution >= 0.6 is 11.3 Å². The Labute approximate surface area is 169 Å². The van der Waals surface area contributed by atoms with E-state index in [0.29, 0.717) is 30.6 Å². The van der Waals surface area contributed by atoms with Crippen LogP contribution in [0.25, 0.3) is 0 Å². The molecular weight excluding hydrogens is 374 g/mol. The van der Waals surface area contributed by atoms with Crippen molar-refractivity contribution in [3.05, 3.63) is 40.4 Å². The number of carbonyl (C=O) groups excluding carboxylic acids is 2. The van der Waals surface area contributed by atoms with Gasteiger partial charge in [0.2, 0.25) is 11.0 Å². The molecule has 1 saturated heterocycles. The van der Waals surface area contributed by atoms with Gasteiger partial charge in [-0.15, -0.1) is 10.2 Å². The molecule has 28 heavy (non-hydrogen) atoms. The van der Waals surface area contributed by atoms with E-state index in [-0.39, 0.29) is 11.9 Å². The fraction of sp³-hybridized carbons (Fsp3) is 0.500. The monoisotopic (exact) mass is 401 g/mol. The molecule has 2 heterocycles. The predicted octanol–water partition coefficient (Wildman–Crippen LogP) is 3.89. The summed E-state index contributed by atoms with van der Waals surface area (Å²) in [5.74, 6) is 0.606. The van der Waals surface area contributed by atoms with Crippen molar-refractivity contribution >= 4 is 28.4 Å². The lowest BCUT2D eigenvalue weighted by Crippen LogP contribution is -2.28. The number of likely N-dealkylation sites (tertiary alicyclic amines) is 1. The van der Waals surface area contributed by atoms with E-state index >= 15 is 0 Å². The quantitative estimate of drug-likeness (QED) is 0.703. The summed E-state index contributed by atoms with van der Waals surface area (Å²) in [7, 11) is 0. The van der Waals surface area contributed by atoms with E-state index in [4.69, 9.17) is 0 Å². The molecule has 0 saturated carbocycles. The maximum atomic E-state index is 12.2. The maximum absolute atomic E-state index is 12.2. The van der Waals surface area contributed by atoms with Gasteiger partial charge in [0.15, 0.2) is 0 Å². The molecule has 1 aromatic heterocycles. The number of carbonyl (C=O) groups is 2. The summed E-state index contributed by atoms with van der Waals surface area (Å²) in [5, 5.41) is 15.3. The second-order valence-electron chi connectivity index (χ2n) is 7.01. The largest absolute Gasteiger partial charge is 0.338 e. The minimum atomic E-state index is -0.299. The van der Waals surface area contributed by atoms with Crippen LogP contribution in [0.4, 0.5) is 9.93 Å². The first-order valence-electron chi connectivity index (χ1n) is 9.82. The Morgan fingerprint density at radius 3 is 2.75 bits per heavy atom. The van der Waals surface area contributed by atoms with Crippen LogP contribution in [0.1, 0.15) is 61.6 Å². The van der Waals surface area contributed by atoms with Gasteiger partial charge in [0.05, 0.1) is 0 Å². The van der Waals surface area contributed by atoms with Gasteiger partial charge >= 0.3 is 6.03 Å². The number of hydrogen-bond acceptors (Lipinski definition) is 5. The number of amides is 3. The van der Waals surface area contributed by atoms with Crippen molar-refractivity contribution in [1.82, 2.24) is 20.4 Å². The lowest BCUT2D eigenvalue weighted by Gasteiger charge is -2.16. The van der Waals surface area contributed by atoms with Crippen LogP contribution in [0, 0.1) is 0 Å². The first-order valence-corrected chi connectivity index (χ1v) is 10.6. The molecule has 3 rings (SSSR count). The number of aromatic nitrogens is 2. The number of hydrogen-bond donors (Lipinski definition) is 2. The van der Waals surface area contributed by atoms with Crippen molar-refractivity contribution < 1.29 is 9.59 Å². The standard InChI is InChI=1S/C20H27N5O2S/c1-3-16(4-2)18-23-24-20(28-18)22-19(27)21-12-14-7-5-8-15(11-14)13-25-10-6-9-17(25)26/h5,7-8,11,16H,3-4,6,9-10,12-13H2,1-2H3,(H2,21,22,24,27). The average Bonchev–Trinajstić information content (AvgIpc) is 3.31. The molecule has 0 atom stereocenters. The van der Waals surface area contributed by atoms with Crippen molar-refractivity contribution in [3.8, 4) is 0 Å². The molecule has 150 valence electrons. The van der Waals surface area contributed by atoms with Gasteiger partial charge in [-0.25, -0.2) is 4.79 Å². The van der Waals surface area contributed by atoms with E-state index < -0.39 is 0 Å². The highest BCUT2D eigenvalue weighted by Crippen LogP contribution is 2.27.